The number of hydrogen-bond acceptors (Lipinski definition) is 6. The van der Waals surface area contributed by atoms with E-state index >= 15 is 0 Å². The summed E-state index contributed by atoms with van der Waals surface area (Å²) in [6.45, 7) is 0. The average Bonchev–Trinajstić information content (AvgIpc) is 3.22. The van der Waals surface area contributed by atoms with Gasteiger partial charge in [-0.1, -0.05) is 29.8 Å². The summed E-state index contributed by atoms with van der Waals surface area (Å²) >= 11 is 7.49. The molecule has 0 radical (unpaired) electrons. The van der Waals surface area contributed by atoms with E-state index in [1.54, 1.807) is 29.6 Å². The maximum atomic E-state index is 14.6. The highest BCUT2D eigenvalue weighted by molar-refractivity contribution is 7.12. The lowest BCUT2D eigenvalue weighted by atomic mass is 9.83. The third kappa shape index (κ3) is 3.44. The number of ether oxygens (including phenoxy) is 2. The Morgan fingerprint density at radius 1 is 1.28 bits per heavy atom. The van der Waals surface area contributed by atoms with Gasteiger partial charge in [-0.15, -0.1) is 11.3 Å². The molecule has 1 atom stereocenters. The molecule has 2 N–H and O–H groups in total. The van der Waals surface area contributed by atoms with Gasteiger partial charge in [0.25, 0.3) is 0 Å². The van der Waals surface area contributed by atoms with Crippen molar-refractivity contribution < 1.29 is 18.7 Å². The summed E-state index contributed by atoms with van der Waals surface area (Å²) in [6.07, 6.45) is 0. The molecule has 4 rings (SSSR count). The van der Waals surface area contributed by atoms with Crippen molar-refractivity contribution in [2.75, 3.05) is 0 Å². The summed E-state index contributed by atoms with van der Waals surface area (Å²) in [4.78, 5) is 12.6. The number of nitrogens with two attached hydrogens (primary N) is 1. The van der Waals surface area contributed by atoms with Gasteiger partial charge in [0.15, 0.2) is 0 Å². The summed E-state index contributed by atoms with van der Waals surface area (Å²) in [5.41, 5.74) is 6.58. The number of rotatable bonds is 3. The van der Waals surface area contributed by atoms with Crippen LogP contribution in [0.1, 0.15) is 26.7 Å². The number of hydrogen-bond donors (Lipinski definition) is 1. The molecule has 0 bridgehead atoms. The van der Waals surface area contributed by atoms with Gasteiger partial charge >= 0.3 is 5.97 Å². The lowest BCUT2D eigenvalue weighted by Gasteiger charge is -2.27. The van der Waals surface area contributed by atoms with Gasteiger partial charge in [-0.05, 0) is 29.6 Å². The second kappa shape index (κ2) is 7.59. The van der Waals surface area contributed by atoms with Crippen LogP contribution in [0, 0.1) is 17.1 Å². The molecule has 0 fully saturated rings. The second-order valence-electron chi connectivity index (χ2n) is 6.13. The van der Waals surface area contributed by atoms with Crippen molar-refractivity contribution in [1.82, 2.24) is 0 Å². The van der Waals surface area contributed by atoms with E-state index in [2.05, 4.69) is 0 Å². The largest absolute Gasteiger partial charge is 0.440 e. The fraction of sp³-hybridized carbons (Fsp3) is 0.0476. The predicted molar refractivity (Wildman–Crippen MR) is 106 cm³/mol. The van der Waals surface area contributed by atoms with Crippen molar-refractivity contribution in [1.29, 1.82) is 5.26 Å². The molecule has 1 unspecified atom stereocenters. The Labute approximate surface area is 174 Å². The van der Waals surface area contributed by atoms with Crippen LogP contribution in [0.15, 0.2) is 65.4 Å². The van der Waals surface area contributed by atoms with Gasteiger partial charge in [0.2, 0.25) is 5.88 Å². The second-order valence-corrected chi connectivity index (χ2v) is 7.48. The molecular weight excluding hydrogens is 415 g/mol. The number of carbonyl (C=O) groups is 1. The number of fused-ring (bicyclic) bond motifs is 1. The monoisotopic (exact) mass is 426 g/mol. The Balaban J connectivity index is 1.78. The average molecular weight is 427 g/mol. The first-order chi connectivity index (χ1) is 14.0. The van der Waals surface area contributed by atoms with E-state index in [1.165, 1.54) is 35.6 Å². The summed E-state index contributed by atoms with van der Waals surface area (Å²) in [6, 6.07) is 14.3. The van der Waals surface area contributed by atoms with Gasteiger partial charge in [0, 0.05) is 22.2 Å². The molecule has 29 heavy (non-hydrogen) atoms. The van der Waals surface area contributed by atoms with Crippen molar-refractivity contribution in [2.24, 2.45) is 5.73 Å². The van der Waals surface area contributed by atoms with E-state index in [-0.39, 0.29) is 33.5 Å². The van der Waals surface area contributed by atoms with Gasteiger partial charge in [-0.25, -0.2) is 9.18 Å². The van der Waals surface area contributed by atoms with Crippen LogP contribution in [-0.4, -0.2) is 5.97 Å². The van der Waals surface area contributed by atoms with Crippen LogP contribution < -0.4 is 15.2 Å². The molecule has 1 aliphatic heterocycles. The van der Waals surface area contributed by atoms with Crippen molar-refractivity contribution in [3.63, 3.8) is 0 Å². The molecule has 2 heterocycles. The van der Waals surface area contributed by atoms with Crippen LogP contribution in [0.5, 0.6) is 11.5 Å². The molecule has 0 spiro atoms. The Bertz CT molecular complexity index is 1160. The minimum Gasteiger partial charge on any atom is -0.440 e. The number of halogens is 2. The normalized spacial score (nSPS) is 15.3. The fourth-order valence-corrected chi connectivity index (χ4v) is 4.01. The number of benzene rings is 2. The zero-order valence-electron chi connectivity index (χ0n) is 14.7. The molecule has 1 aromatic heterocycles. The quantitative estimate of drug-likeness (QED) is 0.471. The first-order valence-electron chi connectivity index (χ1n) is 8.40. The standard InChI is InChI=1S/C21H12ClFN2O3S/c22-14-3-1-4-15(23)19(14)18-12-7-6-11(27-21(26)17-5-2-8-29-17)9-16(12)28-20(25)13(18)10-24/h1-9,18H,25H2. The summed E-state index contributed by atoms with van der Waals surface area (Å²) in [5.74, 6) is -1.60. The van der Waals surface area contributed by atoms with E-state index in [1.807, 2.05) is 6.07 Å². The summed E-state index contributed by atoms with van der Waals surface area (Å²) in [7, 11) is 0. The van der Waals surface area contributed by atoms with Crippen LogP contribution in [0.2, 0.25) is 5.02 Å². The number of nitriles is 1. The van der Waals surface area contributed by atoms with E-state index < -0.39 is 17.7 Å². The lowest BCUT2D eigenvalue weighted by Crippen LogP contribution is -2.22. The Morgan fingerprint density at radius 3 is 2.79 bits per heavy atom. The molecule has 5 nitrogen and oxygen atoms in total. The topological polar surface area (TPSA) is 85.3 Å². The molecule has 0 amide bonds. The first-order valence-corrected chi connectivity index (χ1v) is 9.66. The molecule has 8 heteroatoms. The smallest absolute Gasteiger partial charge is 0.353 e. The van der Waals surface area contributed by atoms with E-state index in [0.717, 1.165) is 0 Å². The van der Waals surface area contributed by atoms with E-state index in [4.69, 9.17) is 26.8 Å². The van der Waals surface area contributed by atoms with Crippen molar-refractivity contribution in [3.05, 3.63) is 92.2 Å². The molecule has 3 aromatic rings. The van der Waals surface area contributed by atoms with E-state index in [9.17, 15) is 14.4 Å². The number of allylic oxidation sites excluding steroid dienone is 1. The third-order valence-electron chi connectivity index (χ3n) is 4.41. The summed E-state index contributed by atoms with van der Waals surface area (Å²) < 4.78 is 25.5. The van der Waals surface area contributed by atoms with Crippen LogP contribution in [0.25, 0.3) is 0 Å². The van der Waals surface area contributed by atoms with Crippen molar-refractivity contribution in [2.45, 2.75) is 5.92 Å². The van der Waals surface area contributed by atoms with E-state index in [0.29, 0.717) is 10.4 Å². The Morgan fingerprint density at radius 2 is 2.10 bits per heavy atom. The molecular formula is C21H12ClFN2O3S. The van der Waals surface area contributed by atoms with Gasteiger partial charge in [-0.2, -0.15) is 5.26 Å². The first kappa shape index (κ1) is 19.0. The molecule has 0 saturated carbocycles. The highest BCUT2D eigenvalue weighted by Crippen LogP contribution is 2.46. The molecule has 2 aromatic carbocycles. The zero-order valence-corrected chi connectivity index (χ0v) is 16.3. The van der Waals surface area contributed by atoms with Gasteiger partial charge < -0.3 is 15.2 Å². The number of carbonyl (C=O) groups excluding carboxylic acids is 1. The molecule has 144 valence electrons. The van der Waals surface area contributed by atoms with Crippen molar-refractivity contribution >= 4 is 28.9 Å². The highest BCUT2D eigenvalue weighted by atomic mass is 35.5. The van der Waals surface area contributed by atoms with Gasteiger partial charge in [0.05, 0.1) is 5.92 Å². The highest BCUT2D eigenvalue weighted by Gasteiger charge is 2.34. The predicted octanol–water partition coefficient (Wildman–Crippen LogP) is 4.98. The minimum absolute atomic E-state index is 0.0489. The fourth-order valence-electron chi connectivity index (χ4n) is 3.13. The molecule has 0 aliphatic carbocycles. The van der Waals surface area contributed by atoms with Crippen LogP contribution in [0.3, 0.4) is 0 Å². The van der Waals surface area contributed by atoms with Crippen molar-refractivity contribution in [3.8, 4) is 17.6 Å². The molecule has 0 saturated heterocycles. The third-order valence-corrected chi connectivity index (χ3v) is 5.59. The Kier molecular flexibility index (Phi) is 4.97. The van der Waals surface area contributed by atoms with Crippen LogP contribution in [-0.2, 0) is 0 Å². The molecule has 1 aliphatic rings. The minimum atomic E-state index is -0.848. The summed E-state index contributed by atoms with van der Waals surface area (Å²) in [5, 5.41) is 11.5. The number of thiophene rings is 1. The zero-order chi connectivity index (χ0) is 20.5. The van der Waals surface area contributed by atoms with Gasteiger partial charge in [-0.3, -0.25) is 0 Å². The van der Waals surface area contributed by atoms with Gasteiger partial charge in [0.1, 0.15) is 33.8 Å². The maximum absolute atomic E-state index is 14.6. The lowest BCUT2D eigenvalue weighted by molar-refractivity contribution is 0.0739. The number of esters is 1. The maximum Gasteiger partial charge on any atom is 0.353 e. The Hall–Kier alpha value is -3.34. The van der Waals surface area contributed by atoms with Crippen LogP contribution >= 0.6 is 22.9 Å². The number of nitrogens with zero attached hydrogens (tertiary/aromatic N) is 1. The SMILES string of the molecule is N#CC1=C(N)Oc2cc(OC(=O)c3cccs3)ccc2C1c1c(F)cccc1Cl. The van der Waals surface area contributed by atoms with Crippen LogP contribution in [0.4, 0.5) is 4.39 Å².